The minimum absolute atomic E-state index is 0.0147. The first-order valence-corrected chi connectivity index (χ1v) is 7.31. The first kappa shape index (κ1) is 14.8. The Morgan fingerprint density at radius 1 is 1.39 bits per heavy atom. The van der Waals surface area contributed by atoms with Crippen LogP contribution in [-0.2, 0) is 0 Å². The Bertz CT molecular complexity index is 399. The molecule has 5 heteroatoms. The molecule has 0 bridgehead atoms. The van der Waals surface area contributed by atoms with Gasteiger partial charge in [0, 0.05) is 6.54 Å². The molecule has 0 radical (unpaired) electrons. The van der Waals surface area contributed by atoms with Crippen molar-refractivity contribution in [2.45, 2.75) is 19.3 Å². The van der Waals surface area contributed by atoms with Crippen molar-refractivity contribution in [1.29, 1.82) is 0 Å². The van der Waals surface area contributed by atoms with E-state index in [4.69, 9.17) is 5.11 Å². The number of rotatable bonds is 8. The van der Waals surface area contributed by atoms with E-state index in [0.717, 1.165) is 25.0 Å². The maximum atomic E-state index is 13.5. The number of carboxylic acid groups (broad SMARTS) is 1. The maximum absolute atomic E-state index is 13.5. The zero-order valence-corrected chi connectivity index (χ0v) is 11.2. The molecule has 100 valence electrons. The molecule has 2 N–H and O–H groups in total. The molecular formula is C13H18FNO2S. The Morgan fingerprint density at radius 3 is 2.83 bits per heavy atom. The van der Waals surface area contributed by atoms with E-state index < -0.39 is 11.8 Å². The molecule has 0 unspecified atom stereocenters. The molecule has 3 nitrogen and oxygen atoms in total. The highest BCUT2D eigenvalue weighted by atomic mass is 32.2. The second kappa shape index (κ2) is 7.97. The van der Waals surface area contributed by atoms with Crippen molar-refractivity contribution in [3.05, 3.63) is 29.6 Å². The van der Waals surface area contributed by atoms with Gasteiger partial charge < -0.3 is 10.4 Å². The summed E-state index contributed by atoms with van der Waals surface area (Å²) in [6.07, 6.45) is 5.17. The van der Waals surface area contributed by atoms with Gasteiger partial charge in [0.2, 0.25) is 0 Å². The van der Waals surface area contributed by atoms with Crippen LogP contribution < -0.4 is 5.32 Å². The van der Waals surface area contributed by atoms with E-state index in [1.165, 1.54) is 18.2 Å². The first-order chi connectivity index (χ1) is 8.66. The average molecular weight is 271 g/mol. The summed E-state index contributed by atoms with van der Waals surface area (Å²) in [7, 11) is 0. The third-order valence-electron chi connectivity index (χ3n) is 2.57. The van der Waals surface area contributed by atoms with Crippen LogP contribution in [0.3, 0.4) is 0 Å². The summed E-state index contributed by atoms with van der Waals surface area (Å²) < 4.78 is 13.5. The molecule has 1 aromatic carbocycles. The molecule has 1 rings (SSSR count). The zero-order chi connectivity index (χ0) is 13.4. The Labute approximate surface area is 111 Å². The van der Waals surface area contributed by atoms with Gasteiger partial charge in [-0.05, 0) is 37.0 Å². The minimum Gasteiger partial charge on any atom is -0.478 e. The lowest BCUT2D eigenvalue weighted by atomic mass is 10.1. The molecule has 0 spiro atoms. The quantitative estimate of drug-likeness (QED) is 0.711. The van der Waals surface area contributed by atoms with E-state index in [0.29, 0.717) is 6.54 Å². The third kappa shape index (κ3) is 4.56. The van der Waals surface area contributed by atoms with Crippen LogP contribution in [0.2, 0.25) is 0 Å². The van der Waals surface area contributed by atoms with Gasteiger partial charge in [-0.15, -0.1) is 0 Å². The molecule has 0 aliphatic carbocycles. The lowest BCUT2D eigenvalue weighted by Crippen LogP contribution is -2.09. The molecule has 0 atom stereocenters. The summed E-state index contributed by atoms with van der Waals surface area (Å²) in [6.45, 7) is 0.593. The summed E-state index contributed by atoms with van der Waals surface area (Å²) in [4.78, 5) is 10.9. The molecule has 0 saturated carbocycles. The molecular weight excluding hydrogens is 253 g/mol. The zero-order valence-electron chi connectivity index (χ0n) is 10.4. The number of anilines is 1. The SMILES string of the molecule is CSCCCCCNc1c(F)cccc1C(=O)O. The van der Waals surface area contributed by atoms with E-state index >= 15 is 0 Å². The van der Waals surface area contributed by atoms with Gasteiger partial charge in [0.25, 0.3) is 0 Å². The average Bonchev–Trinajstić information content (AvgIpc) is 2.34. The third-order valence-corrected chi connectivity index (χ3v) is 3.27. The molecule has 0 fully saturated rings. The minimum atomic E-state index is -1.11. The Balaban J connectivity index is 2.48. The van der Waals surface area contributed by atoms with Crippen molar-refractivity contribution >= 4 is 23.4 Å². The number of unbranched alkanes of at least 4 members (excludes halogenated alkanes) is 2. The lowest BCUT2D eigenvalue weighted by molar-refractivity contribution is 0.0697. The first-order valence-electron chi connectivity index (χ1n) is 5.91. The highest BCUT2D eigenvalue weighted by molar-refractivity contribution is 7.98. The predicted octanol–water partition coefficient (Wildman–Crippen LogP) is 3.47. The molecule has 0 heterocycles. The van der Waals surface area contributed by atoms with E-state index in [1.807, 2.05) is 0 Å². The van der Waals surface area contributed by atoms with Gasteiger partial charge in [0.1, 0.15) is 5.82 Å². The van der Waals surface area contributed by atoms with Gasteiger partial charge in [0.05, 0.1) is 11.3 Å². The van der Waals surface area contributed by atoms with E-state index in [-0.39, 0.29) is 11.3 Å². The van der Waals surface area contributed by atoms with Crippen molar-refractivity contribution in [1.82, 2.24) is 0 Å². The summed E-state index contributed by atoms with van der Waals surface area (Å²) in [5.74, 6) is -0.501. The number of thioether (sulfide) groups is 1. The molecule has 1 aromatic rings. The van der Waals surface area contributed by atoms with Crippen LogP contribution in [0.15, 0.2) is 18.2 Å². The van der Waals surface area contributed by atoms with Gasteiger partial charge >= 0.3 is 5.97 Å². The molecule has 0 aromatic heterocycles. The van der Waals surface area contributed by atoms with E-state index in [9.17, 15) is 9.18 Å². The fourth-order valence-corrected chi connectivity index (χ4v) is 2.14. The van der Waals surface area contributed by atoms with E-state index in [1.54, 1.807) is 11.8 Å². The fourth-order valence-electron chi connectivity index (χ4n) is 1.64. The van der Waals surface area contributed by atoms with Crippen LogP contribution in [-0.4, -0.2) is 29.6 Å². The van der Waals surface area contributed by atoms with Crippen LogP contribution in [0.1, 0.15) is 29.6 Å². The van der Waals surface area contributed by atoms with Crippen LogP contribution >= 0.6 is 11.8 Å². The van der Waals surface area contributed by atoms with Crippen molar-refractivity contribution in [3.8, 4) is 0 Å². The summed E-state index contributed by atoms with van der Waals surface area (Å²) >= 11 is 1.81. The second-order valence-corrected chi connectivity index (χ2v) is 4.93. The number of nitrogens with one attached hydrogen (secondary N) is 1. The van der Waals surface area contributed by atoms with E-state index in [2.05, 4.69) is 11.6 Å². The van der Waals surface area contributed by atoms with Gasteiger partial charge in [-0.2, -0.15) is 11.8 Å². The number of halogens is 1. The number of hydrogen-bond acceptors (Lipinski definition) is 3. The summed E-state index contributed by atoms with van der Waals surface area (Å²) in [5.41, 5.74) is 0.0778. The molecule has 0 amide bonds. The highest BCUT2D eigenvalue weighted by Crippen LogP contribution is 2.20. The van der Waals surface area contributed by atoms with Crippen molar-refractivity contribution in [2.24, 2.45) is 0 Å². The molecule has 0 aliphatic heterocycles. The summed E-state index contributed by atoms with van der Waals surface area (Å²) in [6, 6.07) is 4.08. The number of benzene rings is 1. The normalized spacial score (nSPS) is 10.3. The van der Waals surface area contributed by atoms with Crippen LogP contribution in [0.25, 0.3) is 0 Å². The van der Waals surface area contributed by atoms with Crippen molar-refractivity contribution < 1.29 is 14.3 Å². The number of carbonyl (C=O) groups is 1. The van der Waals surface area contributed by atoms with Crippen LogP contribution in [0.4, 0.5) is 10.1 Å². The van der Waals surface area contributed by atoms with Gasteiger partial charge in [-0.1, -0.05) is 12.5 Å². The van der Waals surface area contributed by atoms with Crippen molar-refractivity contribution in [3.63, 3.8) is 0 Å². The van der Waals surface area contributed by atoms with Crippen LogP contribution in [0, 0.1) is 5.82 Å². The molecule has 18 heavy (non-hydrogen) atoms. The van der Waals surface area contributed by atoms with Crippen LogP contribution in [0.5, 0.6) is 0 Å². The Kier molecular flexibility index (Phi) is 6.57. The molecule has 0 aliphatic rings. The topological polar surface area (TPSA) is 49.3 Å². The smallest absolute Gasteiger partial charge is 0.337 e. The number of hydrogen-bond donors (Lipinski definition) is 2. The van der Waals surface area contributed by atoms with Gasteiger partial charge in [-0.3, -0.25) is 0 Å². The number of aromatic carboxylic acids is 1. The Hall–Kier alpha value is -1.23. The second-order valence-electron chi connectivity index (χ2n) is 3.95. The van der Waals surface area contributed by atoms with Gasteiger partial charge in [-0.25, -0.2) is 9.18 Å². The van der Waals surface area contributed by atoms with Crippen molar-refractivity contribution in [2.75, 3.05) is 23.9 Å². The number of carboxylic acids is 1. The maximum Gasteiger partial charge on any atom is 0.337 e. The largest absolute Gasteiger partial charge is 0.478 e. The summed E-state index contributed by atoms with van der Waals surface area (Å²) in [5, 5.41) is 11.8. The van der Waals surface area contributed by atoms with Gasteiger partial charge in [0.15, 0.2) is 0 Å². The standard InChI is InChI=1S/C13H18FNO2S/c1-18-9-4-2-3-8-15-12-10(13(16)17)6-5-7-11(12)14/h5-7,15H,2-4,8-9H2,1H3,(H,16,17). The number of para-hydroxylation sites is 1. The molecule has 0 saturated heterocycles. The fraction of sp³-hybridized carbons (Fsp3) is 0.462. The Morgan fingerprint density at radius 2 is 2.17 bits per heavy atom. The lowest BCUT2D eigenvalue weighted by Gasteiger charge is -2.10. The predicted molar refractivity (Wildman–Crippen MR) is 74.1 cm³/mol. The monoisotopic (exact) mass is 271 g/mol. The highest BCUT2D eigenvalue weighted by Gasteiger charge is 2.13.